The van der Waals surface area contributed by atoms with E-state index in [9.17, 15) is 31.5 Å². The highest BCUT2D eigenvalue weighted by Gasteiger charge is 2.36. The Kier molecular flexibility index (Phi) is 7.29. The molecule has 2 atom stereocenters. The first-order valence-electron chi connectivity index (χ1n) is 11.6. The summed E-state index contributed by atoms with van der Waals surface area (Å²) in [4.78, 5) is 30.5. The van der Waals surface area contributed by atoms with Crippen LogP contribution in [0.1, 0.15) is 29.8 Å². The Bertz CT molecular complexity index is 1410. The Labute approximate surface area is 213 Å². The van der Waals surface area contributed by atoms with Crippen molar-refractivity contribution in [2.75, 3.05) is 30.4 Å². The smallest absolute Gasteiger partial charge is 0.367 e. The molecule has 1 amide bonds. The molecule has 1 aromatic heterocycles. The number of aromatic nitrogens is 1. The van der Waals surface area contributed by atoms with Crippen molar-refractivity contribution >= 4 is 17.3 Å². The van der Waals surface area contributed by atoms with Gasteiger partial charge in [-0.15, -0.1) is 0 Å². The van der Waals surface area contributed by atoms with Crippen molar-refractivity contribution in [1.82, 2.24) is 9.88 Å². The molecule has 0 spiro atoms. The van der Waals surface area contributed by atoms with E-state index in [1.165, 1.54) is 0 Å². The lowest BCUT2D eigenvalue weighted by molar-refractivity contribution is -0.138. The zero-order valence-electron chi connectivity index (χ0n) is 20.6. The summed E-state index contributed by atoms with van der Waals surface area (Å²) in [6.07, 6.45) is -4.36. The molecule has 2 N–H and O–H groups in total. The molecule has 202 valence electrons. The third kappa shape index (κ3) is 5.54. The van der Waals surface area contributed by atoms with Gasteiger partial charge in [-0.2, -0.15) is 13.2 Å². The largest absolute Gasteiger partial charge is 0.417 e. The summed E-state index contributed by atoms with van der Waals surface area (Å²) in [6.45, 7) is 4.70. The normalized spacial score (nSPS) is 18.5. The number of carbonyl (C=O) groups excluding carboxylic acids is 1. The number of likely N-dealkylation sites (N-methyl/N-ethyl adjacent to an activating group) is 1. The molecule has 1 fully saturated rings. The fourth-order valence-corrected chi connectivity index (χ4v) is 4.54. The van der Waals surface area contributed by atoms with Gasteiger partial charge in [-0.05, 0) is 50.7 Å². The summed E-state index contributed by atoms with van der Waals surface area (Å²) in [5.41, 5.74) is -3.67. The van der Waals surface area contributed by atoms with Crippen LogP contribution in [0.4, 0.5) is 37.7 Å². The summed E-state index contributed by atoms with van der Waals surface area (Å²) in [5.74, 6) is -3.98. The van der Waals surface area contributed by atoms with Crippen molar-refractivity contribution in [3.8, 4) is 11.1 Å². The van der Waals surface area contributed by atoms with Crippen molar-refractivity contribution < 1.29 is 31.1 Å². The van der Waals surface area contributed by atoms with Gasteiger partial charge in [-0.1, -0.05) is 0 Å². The number of piperazine rings is 1. The quantitative estimate of drug-likeness (QED) is 0.445. The number of pyridine rings is 1. The minimum Gasteiger partial charge on any atom is -0.367 e. The van der Waals surface area contributed by atoms with Crippen LogP contribution in [0.5, 0.6) is 0 Å². The maximum Gasteiger partial charge on any atom is 0.417 e. The lowest BCUT2D eigenvalue weighted by Gasteiger charge is -2.44. The molecular formula is C26H24F6N4O2. The monoisotopic (exact) mass is 538 g/mol. The van der Waals surface area contributed by atoms with Crippen molar-refractivity contribution in [1.29, 1.82) is 0 Å². The number of aromatic amines is 1. The molecule has 3 aromatic rings. The third-order valence-electron chi connectivity index (χ3n) is 6.68. The standard InChI is InChI=1S/C26H24F6N4O2/c1-13-11-36(12-14(2)35(13)3)23-9-21(29)18(15-4-16(27)6-17(28)5-15)7-22(23)34-25(38)19-10-33-24(37)8-20(19)26(30,31)32/h4-10,13-14H,11-12H2,1-3H3,(H,33,37)(H,34,38)/t13-,14+. The minimum absolute atomic E-state index is 0.0124. The highest BCUT2D eigenvalue weighted by atomic mass is 19.4. The maximum atomic E-state index is 15.3. The molecule has 38 heavy (non-hydrogen) atoms. The number of alkyl halides is 3. The second kappa shape index (κ2) is 10.2. The van der Waals surface area contributed by atoms with E-state index >= 15 is 4.39 Å². The molecule has 0 aliphatic carbocycles. The summed E-state index contributed by atoms with van der Waals surface area (Å²) in [5, 5.41) is 2.39. The molecule has 1 saturated heterocycles. The van der Waals surface area contributed by atoms with Gasteiger partial charge in [0, 0.05) is 49.1 Å². The summed E-state index contributed by atoms with van der Waals surface area (Å²) in [6, 6.07) is 4.91. The lowest BCUT2D eigenvalue weighted by Crippen LogP contribution is -2.55. The molecule has 4 rings (SSSR count). The van der Waals surface area contributed by atoms with Crippen LogP contribution in [0, 0.1) is 17.5 Å². The Balaban J connectivity index is 1.84. The number of rotatable bonds is 4. The molecule has 0 radical (unpaired) electrons. The average molecular weight is 538 g/mol. The van der Waals surface area contributed by atoms with Gasteiger partial charge in [0.1, 0.15) is 17.5 Å². The van der Waals surface area contributed by atoms with Crippen LogP contribution in [-0.2, 0) is 6.18 Å². The molecule has 0 bridgehead atoms. The highest BCUT2D eigenvalue weighted by Crippen LogP contribution is 2.37. The van der Waals surface area contributed by atoms with Gasteiger partial charge in [0.2, 0.25) is 5.56 Å². The van der Waals surface area contributed by atoms with E-state index in [1.54, 1.807) is 4.90 Å². The van der Waals surface area contributed by atoms with Crippen LogP contribution in [0.2, 0.25) is 0 Å². The molecule has 2 heterocycles. The number of nitrogens with one attached hydrogen (secondary N) is 2. The van der Waals surface area contributed by atoms with E-state index in [2.05, 4.69) is 15.2 Å². The van der Waals surface area contributed by atoms with Gasteiger partial charge < -0.3 is 15.2 Å². The molecule has 0 unspecified atom stereocenters. The molecular weight excluding hydrogens is 514 g/mol. The molecule has 1 aliphatic heterocycles. The molecule has 1 aliphatic rings. The van der Waals surface area contributed by atoms with Crippen molar-refractivity contribution in [3.05, 3.63) is 81.5 Å². The van der Waals surface area contributed by atoms with E-state index in [4.69, 9.17) is 0 Å². The Morgan fingerprint density at radius 2 is 1.58 bits per heavy atom. The van der Waals surface area contributed by atoms with E-state index in [0.29, 0.717) is 25.4 Å². The highest BCUT2D eigenvalue weighted by molar-refractivity contribution is 6.07. The molecule has 6 nitrogen and oxygen atoms in total. The predicted molar refractivity (Wildman–Crippen MR) is 131 cm³/mol. The van der Waals surface area contributed by atoms with Gasteiger partial charge in [0.25, 0.3) is 5.91 Å². The van der Waals surface area contributed by atoms with E-state index < -0.39 is 46.2 Å². The summed E-state index contributed by atoms with van der Waals surface area (Å²) in [7, 11) is 1.92. The second-order valence-electron chi connectivity index (χ2n) is 9.35. The van der Waals surface area contributed by atoms with Gasteiger partial charge >= 0.3 is 6.18 Å². The molecule has 12 heteroatoms. The van der Waals surface area contributed by atoms with Crippen LogP contribution in [-0.4, -0.2) is 48.0 Å². The first-order chi connectivity index (χ1) is 17.7. The number of hydrogen-bond acceptors (Lipinski definition) is 4. The zero-order chi connectivity index (χ0) is 27.9. The third-order valence-corrected chi connectivity index (χ3v) is 6.68. The van der Waals surface area contributed by atoms with Gasteiger partial charge in [-0.3, -0.25) is 14.5 Å². The van der Waals surface area contributed by atoms with Gasteiger partial charge in [0.15, 0.2) is 0 Å². The Morgan fingerprint density at radius 3 is 2.16 bits per heavy atom. The number of halogens is 6. The SMILES string of the molecule is C[C@@H]1CN(c2cc(F)c(-c3cc(F)cc(F)c3)cc2NC(=O)c2c[nH]c(=O)cc2C(F)(F)F)C[C@H](C)N1C. The van der Waals surface area contributed by atoms with Crippen molar-refractivity contribution in [2.24, 2.45) is 0 Å². The maximum absolute atomic E-state index is 15.3. The Morgan fingerprint density at radius 1 is 0.974 bits per heavy atom. The van der Waals surface area contributed by atoms with Crippen molar-refractivity contribution in [3.63, 3.8) is 0 Å². The number of anilines is 2. The topological polar surface area (TPSA) is 68.4 Å². The van der Waals surface area contributed by atoms with E-state index in [0.717, 1.165) is 24.3 Å². The average Bonchev–Trinajstić information content (AvgIpc) is 2.81. The van der Waals surface area contributed by atoms with Crippen LogP contribution in [0.25, 0.3) is 11.1 Å². The first-order valence-corrected chi connectivity index (χ1v) is 11.6. The number of nitrogens with zero attached hydrogens (tertiary/aromatic N) is 2. The lowest BCUT2D eigenvalue weighted by atomic mass is 10.0. The fourth-order valence-electron chi connectivity index (χ4n) is 4.54. The summed E-state index contributed by atoms with van der Waals surface area (Å²) >= 11 is 0. The van der Waals surface area contributed by atoms with Crippen LogP contribution >= 0.6 is 0 Å². The first kappa shape index (κ1) is 27.2. The number of benzene rings is 2. The second-order valence-corrected chi connectivity index (χ2v) is 9.35. The minimum atomic E-state index is -5.00. The molecule has 0 saturated carbocycles. The summed E-state index contributed by atoms with van der Waals surface area (Å²) < 4.78 is 83.8. The van der Waals surface area contributed by atoms with Gasteiger partial charge in [-0.25, -0.2) is 13.2 Å². The van der Waals surface area contributed by atoms with Gasteiger partial charge in [0.05, 0.1) is 22.5 Å². The number of carbonyl (C=O) groups is 1. The predicted octanol–water partition coefficient (Wildman–Crippen LogP) is 5.26. The molecule has 2 aromatic carbocycles. The fraction of sp³-hybridized carbons (Fsp3) is 0.308. The van der Waals surface area contributed by atoms with Crippen LogP contribution in [0.3, 0.4) is 0 Å². The van der Waals surface area contributed by atoms with Crippen LogP contribution in [0.15, 0.2) is 47.4 Å². The van der Waals surface area contributed by atoms with E-state index in [1.807, 2.05) is 20.9 Å². The zero-order valence-corrected chi connectivity index (χ0v) is 20.6. The van der Waals surface area contributed by atoms with Crippen LogP contribution < -0.4 is 15.8 Å². The number of amides is 1. The van der Waals surface area contributed by atoms with Crippen molar-refractivity contribution in [2.45, 2.75) is 32.1 Å². The number of hydrogen-bond donors (Lipinski definition) is 2. The van der Waals surface area contributed by atoms with E-state index in [-0.39, 0.29) is 40.7 Å². The number of H-pyrrole nitrogens is 1. The Hall–Kier alpha value is -3.80.